The van der Waals surface area contributed by atoms with Crippen molar-refractivity contribution in [3.63, 3.8) is 0 Å². The molecule has 1 atom stereocenters. The number of hydrogen-bond acceptors (Lipinski definition) is 2. The summed E-state index contributed by atoms with van der Waals surface area (Å²) in [6.07, 6.45) is 1.27. The van der Waals surface area contributed by atoms with Crippen molar-refractivity contribution in [3.8, 4) is 0 Å². The zero-order valence-corrected chi connectivity index (χ0v) is 6.74. The second-order valence-corrected chi connectivity index (χ2v) is 2.96. The van der Waals surface area contributed by atoms with Crippen molar-refractivity contribution < 1.29 is 10.0 Å². The Kier molecular flexibility index (Phi) is 4.03. The van der Waals surface area contributed by atoms with E-state index in [2.05, 4.69) is 13.8 Å². The Hall–Kier alpha value is -0.570. The van der Waals surface area contributed by atoms with Gasteiger partial charge in [0.25, 0.3) is 0 Å². The maximum Gasteiger partial charge on any atom is 0.233 e. The quantitative estimate of drug-likeness (QED) is 0.367. The van der Waals surface area contributed by atoms with Gasteiger partial charge in [-0.3, -0.25) is 10.0 Å². The Morgan fingerprint density at radius 3 is 2.30 bits per heavy atom. The SMILES string of the molecule is CC(C)CC(C)N(O)C=O. The second kappa shape index (κ2) is 4.28. The standard InChI is InChI=1S/C7H15NO2/c1-6(2)4-7(3)8(10)5-9/h5-7,10H,4H2,1-3H3. The molecule has 0 saturated heterocycles. The highest BCUT2D eigenvalue weighted by molar-refractivity contribution is 5.45. The van der Waals surface area contributed by atoms with E-state index in [0.717, 1.165) is 6.42 Å². The van der Waals surface area contributed by atoms with Gasteiger partial charge >= 0.3 is 0 Å². The molecule has 1 N–H and O–H groups in total. The van der Waals surface area contributed by atoms with Crippen molar-refractivity contribution in [3.05, 3.63) is 0 Å². The molecule has 0 aromatic heterocycles. The molecule has 0 spiro atoms. The topological polar surface area (TPSA) is 40.5 Å². The maximum absolute atomic E-state index is 10.0. The summed E-state index contributed by atoms with van der Waals surface area (Å²) in [6, 6.07) is -0.0718. The number of amides is 1. The van der Waals surface area contributed by atoms with E-state index in [-0.39, 0.29) is 6.04 Å². The van der Waals surface area contributed by atoms with Gasteiger partial charge in [0, 0.05) is 0 Å². The molecule has 0 aromatic carbocycles. The molecule has 1 unspecified atom stereocenters. The van der Waals surface area contributed by atoms with Crippen molar-refractivity contribution in [2.75, 3.05) is 0 Å². The molecule has 0 bridgehead atoms. The highest BCUT2D eigenvalue weighted by atomic mass is 16.5. The van der Waals surface area contributed by atoms with Crippen molar-refractivity contribution in [2.45, 2.75) is 33.2 Å². The fourth-order valence-electron chi connectivity index (χ4n) is 0.894. The first-order chi connectivity index (χ1) is 4.57. The predicted molar refractivity (Wildman–Crippen MR) is 38.6 cm³/mol. The van der Waals surface area contributed by atoms with E-state index in [4.69, 9.17) is 5.21 Å². The fraction of sp³-hybridized carbons (Fsp3) is 0.857. The molecule has 10 heavy (non-hydrogen) atoms. The molecule has 0 radical (unpaired) electrons. The molecule has 0 saturated carbocycles. The molecular formula is C7H15NO2. The summed E-state index contributed by atoms with van der Waals surface area (Å²) < 4.78 is 0. The third-order valence-electron chi connectivity index (χ3n) is 1.37. The van der Waals surface area contributed by atoms with Crippen molar-refractivity contribution in [1.82, 2.24) is 5.06 Å². The summed E-state index contributed by atoms with van der Waals surface area (Å²) in [5.41, 5.74) is 0. The number of carbonyl (C=O) groups excluding carboxylic acids is 1. The van der Waals surface area contributed by atoms with Crippen LogP contribution in [0.4, 0.5) is 0 Å². The van der Waals surface area contributed by atoms with E-state index in [9.17, 15) is 4.79 Å². The summed E-state index contributed by atoms with van der Waals surface area (Å²) in [7, 11) is 0. The lowest BCUT2D eigenvalue weighted by Gasteiger charge is -2.19. The Morgan fingerprint density at radius 2 is 2.00 bits per heavy atom. The molecule has 0 aliphatic carbocycles. The number of carbonyl (C=O) groups is 1. The van der Waals surface area contributed by atoms with Crippen LogP contribution in [0.5, 0.6) is 0 Å². The lowest BCUT2D eigenvalue weighted by atomic mass is 10.1. The van der Waals surface area contributed by atoms with Crippen LogP contribution in [-0.2, 0) is 4.79 Å². The van der Waals surface area contributed by atoms with E-state index in [1.807, 2.05) is 6.92 Å². The van der Waals surface area contributed by atoms with Crippen molar-refractivity contribution in [1.29, 1.82) is 0 Å². The monoisotopic (exact) mass is 145 g/mol. The van der Waals surface area contributed by atoms with Crippen LogP contribution >= 0.6 is 0 Å². The lowest BCUT2D eigenvalue weighted by Crippen LogP contribution is -2.29. The average Bonchev–Trinajstić information content (AvgIpc) is 1.85. The molecule has 60 valence electrons. The summed E-state index contributed by atoms with van der Waals surface area (Å²) in [6.45, 7) is 5.92. The highest BCUT2D eigenvalue weighted by Gasteiger charge is 2.09. The first-order valence-electron chi connectivity index (χ1n) is 3.50. The van der Waals surface area contributed by atoms with Gasteiger partial charge in [0.15, 0.2) is 0 Å². The third kappa shape index (κ3) is 3.45. The molecule has 0 aromatic rings. The van der Waals surface area contributed by atoms with E-state index in [0.29, 0.717) is 17.4 Å². The van der Waals surface area contributed by atoms with Gasteiger partial charge in [-0.15, -0.1) is 0 Å². The van der Waals surface area contributed by atoms with Gasteiger partial charge in [0.2, 0.25) is 6.41 Å². The van der Waals surface area contributed by atoms with E-state index in [1.54, 1.807) is 0 Å². The smallest absolute Gasteiger partial charge is 0.233 e. The molecule has 3 heteroatoms. The van der Waals surface area contributed by atoms with E-state index in [1.165, 1.54) is 0 Å². The summed E-state index contributed by atoms with van der Waals surface area (Å²) in [4.78, 5) is 10.0. The summed E-state index contributed by atoms with van der Waals surface area (Å²) in [5.74, 6) is 0.504. The molecular weight excluding hydrogens is 130 g/mol. The van der Waals surface area contributed by atoms with Gasteiger partial charge < -0.3 is 0 Å². The van der Waals surface area contributed by atoms with Crippen LogP contribution in [0.25, 0.3) is 0 Å². The average molecular weight is 145 g/mol. The van der Waals surface area contributed by atoms with Crippen LogP contribution in [-0.4, -0.2) is 22.7 Å². The molecule has 0 rings (SSSR count). The minimum Gasteiger partial charge on any atom is -0.286 e. The summed E-state index contributed by atoms with van der Waals surface area (Å²) in [5, 5.41) is 9.55. The Balaban J connectivity index is 3.60. The molecule has 3 nitrogen and oxygen atoms in total. The van der Waals surface area contributed by atoms with Crippen LogP contribution < -0.4 is 0 Å². The Bertz CT molecular complexity index is 104. The van der Waals surface area contributed by atoms with Crippen molar-refractivity contribution in [2.24, 2.45) is 5.92 Å². The number of nitrogens with zero attached hydrogens (tertiary/aromatic N) is 1. The zero-order chi connectivity index (χ0) is 8.15. The van der Waals surface area contributed by atoms with Gasteiger partial charge in [-0.2, -0.15) is 0 Å². The van der Waals surface area contributed by atoms with Crippen LogP contribution in [0, 0.1) is 5.92 Å². The number of rotatable bonds is 4. The van der Waals surface area contributed by atoms with Gasteiger partial charge in [-0.25, -0.2) is 5.06 Å². The second-order valence-electron chi connectivity index (χ2n) is 2.96. The van der Waals surface area contributed by atoms with Gasteiger partial charge in [-0.05, 0) is 19.3 Å². The maximum atomic E-state index is 10.0. The fourth-order valence-corrected chi connectivity index (χ4v) is 0.894. The van der Waals surface area contributed by atoms with E-state index >= 15 is 0 Å². The Morgan fingerprint density at radius 1 is 1.50 bits per heavy atom. The molecule has 1 amide bonds. The molecule has 0 heterocycles. The predicted octanol–water partition coefficient (Wildman–Crippen LogP) is 1.27. The minimum atomic E-state index is -0.0718. The molecule has 0 fully saturated rings. The first kappa shape index (κ1) is 9.43. The Labute approximate surface area is 61.6 Å². The van der Waals surface area contributed by atoms with Gasteiger partial charge in [0.05, 0.1) is 6.04 Å². The molecule has 0 aliphatic heterocycles. The third-order valence-corrected chi connectivity index (χ3v) is 1.37. The van der Waals surface area contributed by atoms with Crippen molar-refractivity contribution >= 4 is 6.41 Å². The first-order valence-corrected chi connectivity index (χ1v) is 3.50. The molecule has 0 aliphatic rings. The number of hydroxylamine groups is 2. The van der Waals surface area contributed by atoms with Crippen LogP contribution in [0.2, 0.25) is 0 Å². The van der Waals surface area contributed by atoms with Crippen LogP contribution in [0.1, 0.15) is 27.2 Å². The number of hydrogen-bond donors (Lipinski definition) is 1. The van der Waals surface area contributed by atoms with Gasteiger partial charge in [-0.1, -0.05) is 13.8 Å². The lowest BCUT2D eigenvalue weighted by molar-refractivity contribution is -0.159. The zero-order valence-electron chi connectivity index (χ0n) is 6.74. The van der Waals surface area contributed by atoms with Crippen LogP contribution in [0.3, 0.4) is 0 Å². The normalized spacial score (nSPS) is 13.3. The van der Waals surface area contributed by atoms with Crippen LogP contribution in [0.15, 0.2) is 0 Å². The van der Waals surface area contributed by atoms with Gasteiger partial charge in [0.1, 0.15) is 0 Å². The highest BCUT2D eigenvalue weighted by Crippen LogP contribution is 2.07. The largest absolute Gasteiger partial charge is 0.286 e. The summed E-state index contributed by atoms with van der Waals surface area (Å²) >= 11 is 0. The van der Waals surface area contributed by atoms with E-state index < -0.39 is 0 Å². The minimum absolute atomic E-state index is 0.0718.